The summed E-state index contributed by atoms with van der Waals surface area (Å²) in [6.07, 6.45) is 3.30. The monoisotopic (exact) mass is 415 g/mol. The van der Waals surface area contributed by atoms with E-state index in [9.17, 15) is 13.2 Å². The molecule has 1 amide bonds. The number of piperidine rings is 1. The first-order valence-electron chi connectivity index (χ1n) is 9.14. The van der Waals surface area contributed by atoms with E-state index in [1.54, 1.807) is 0 Å². The number of thiazole rings is 1. The summed E-state index contributed by atoms with van der Waals surface area (Å²) in [5, 5.41) is 7.47. The van der Waals surface area contributed by atoms with Crippen molar-refractivity contribution in [3.8, 4) is 11.3 Å². The van der Waals surface area contributed by atoms with E-state index in [0.29, 0.717) is 18.1 Å². The van der Waals surface area contributed by atoms with E-state index in [1.807, 2.05) is 29.6 Å². The highest BCUT2D eigenvalue weighted by Gasteiger charge is 2.34. The normalized spacial score (nSPS) is 18.2. The molecule has 0 saturated carbocycles. The summed E-state index contributed by atoms with van der Waals surface area (Å²) in [6, 6.07) is 13.6. The predicted molar refractivity (Wildman–Crippen MR) is 113 cm³/mol. The molecule has 1 unspecified atom stereocenters. The minimum Gasteiger partial charge on any atom is -0.301 e. The van der Waals surface area contributed by atoms with E-state index in [1.165, 1.54) is 15.6 Å². The number of fused-ring (bicyclic) bond motifs is 1. The van der Waals surface area contributed by atoms with Gasteiger partial charge in [-0.05, 0) is 29.7 Å². The molecule has 4 rings (SSSR count). The van der Waals surface area contributed by atoms with Gasteiger partial charge < -0.3 is 5.32 Å². The van der Waals surface area contributed by atoms with E-state index in [2.05, 4.69) is 28.5 Å². The summed E-state index contributed by atoms with van der Waals surface area (Å²) in [4.78, 5) is 17.2. The Bertz CT molecular complexity index is 1120. The first-order valence-corrected chi connectivity index (χ1v) is 11.9. The lowest BCUT2D eigenvalue weighted by molar-refractivity contribution is -0.120. The van der Waals surface area contributed by atoms with Gasteiger partial charge in [0.15, 0.2) is 5.13 Å². The van der Waals surface area contributed by atoms with Gasteiger partial charge in [-0.1, -0.05) is 42.8 Å². The Hall–Kier alpha value is -2.29. The Morgan fingerprint density at radius 1 is 1.18 bits per heavy atom. The Morgan fingerprint density at radius 3 is 2.75 bits per heavy atom. The van der Waals surface area contributed by atoms with Gasteiger partial charge in [0, 0.05) is 17.5 Å². The van der Waals surface area contributed by atoms with Gasteiger partial charge in [0.2, 0.25) is 15.9 Å². The topological polar surface area (TPSA) is 79.4 Å². The summed E-state index contributed by atoms with van der Waals surface area (Å²) in [5.74, 6) is -0.315. The van der Waals surface area contributed by atoms with Crippen molar-refractivity contribution in [2.45, 2.75) is 25.3 Å². The highest BCUT2D eigenvalue weighted by Crippen LogP contribution is 2.28. The third kappa shape index (κ3) is 3.94. The molecule has 146 valence electrons. The lowest BCUT2D eigenvalue weighted by Gasteiger charge is -2.32. The lowest BCUT2D eigenvalue weighted by atomic mass is 10.0. The third-order valence-electron chi connectivity index (χ3n) is 4.96. The number of nitrogens with zero attached hydrogens (tertiary/aromatic N) is 2. The first kappa shape index (κ1) is 19.0. The Kier molecular flexibility index (Phi) is 5.18. The van der Waals surface area contributed by atoms with Crippen LogP contribution in [-0.4, -0.2) is 42.5 Å². The fourth-order valence-electron chi connectivity index (χ4n) is 3.57. The van der Waals surface area contributed by atoms with Crippen molar-refractivity contribution in [3.63, 3.8) is 0 Å². The van der Waals surface area contributed by atoms with Crippen LogP contribution in [0.25, 0.3) is 22.0 Å². The molecule has 1 aliphatic rings. The standard InChI is InChI=1S/C20H21N3O3S2/c1-28(25,26)23-11-5-4-8-18(23)19(24)22-20-21-17(13-27-20)16-10-9-14-6-2-3-7-15(14)12-16/h2-3,6-7,9-10,12-13,18H,4-5,8,11H2,1H3,(H,21,22,24). The van der Waals surface area contributed by atoms with Crippen LogP contribution in [0, 0.1) is 0 Å². The molecule has 1 N–H and O–H groups in total. The molecule has 0 spiro atoms. The summed E-state index contributed by atoms with van der Waals surface area (Å²) in [5.41, 5.74) is 1.76. The van der Waals surface area contributed by atoms with Crippen LogP contribution in [-0.2, 0) is 14.8 Å². The number of hydrogen-bond donors (Lipinski definition) is 1. The minimum atomic E-state index is -3.42. The third-order valence-corrected chi connectivity index (χ3v) is 7.01. The molecule has 2 aromatic carbocycles. The molecule has 0 aliphatic carbocycles. The van der Waals surface area contributed by atoms with E-state index < -0.39 is 16.1 Å². The van der Waals surface area contributed by atoms with E-state index in [4.69, 9.17) is 0 Å². The molecule has 0 bridgehead atoms. The molecule has 2 heterocycles. The average Bonchev–Trinajstić information content (AvgIpc) is 3.15. The molecule has 1 fully saturated rings. The number of aromatic nitrogens is 1. The Balaban J connectivity index is 1.53. The maximum Gasteiger partial charge on any atom is 0.244 e. The van der Waals surface area contributed by atoms with Crippen molar-refractivity contribution in [2.24, 2.45) is 0 Å². The fourth-order valence-corrected chi connectivity index (χ4v) is 5.41. The quantitative estimate of drug-likeness (QED) is 0.704. The number of rotatable bonds is 4. The smallest absolute Gasteiger partial charge is 0.244 e. The summed E-state index contributed by atoms with van der Waals surface area (Å²) < 4.78 is 25.3. The van der Waals surface area contributed by atoms with Gasteiger partial charge in [-0.2, -0.15) is 4.31 Å². The second kappa shape index (κ2) is 7.62. The largest absolute Gasteiger partial charge is 0.301 e. The zero-order valence-corrected chi connectivity index (χ0v) is 17.1. The molecule has 1 atom stereocenters. The van der Waals surface area contributed by atoms with Crippen LogP contribution in [0.15, 0.2) is 47.8 Å². The van der Waals surface area contributed by atoms with Gasteiger partial charge in [-0.15, -0.1) is 11.3 Å². The van der Waals surface area contributed by atoms with Gasteiger partial charge in [0.25, 0.3) is 0 Å². The summed E-state index contributed by atoms with van der Waals surface area (Å²) >= 11 is 1.34. The molecular weight excluding hydrogens is 394 g/mol. The Morgan fingerprint density at radius 2 is 1.96 bits per heavy atom. The van der Waals surface area contributed by atoms with Gasteiger partial charge in [-0.3, -0.25) is 4.79 Å². The van der Waals surface area contributed by atoms with Crippen molar-refractivity contribution in [3.05, 3.63) is 47.8 Å². The number of nitrogens with one attached hydrogen (secondary N) is 1. The fraction of sp³-hybridized carbons (Fsp3) is 0.300. The van der Waals surface area contributed by atoms with Gasteiger partial charge in [0.05, 0.1) is 11.9 Å². The average molecular weight is 416 g/mol. The van der Waals surface area contributed by atoms with Gasteiger partial charge in [0.1, 0.15) is 6.04 Å². The van der Waals surface area contributed by atoms with Crippen LogP contribution in [0.2, 0.25) is 0 Å². The zero-order chi connectivity index (χ0) is 19.7. The van der Waals surface area contributed by atoms with Crippen molar-refractivity contribution < 1.29 is 13.2 Å². The molecule has 0 radical (unpaired) electrons. The van der Waals surface area contributed by atoms with Gasteiger partial charge >= 0.3 is 0 Å². The van der Waals surface area contributed by atoms with Crippen LogP contribution in [0.1, 0.15) is 19.3 Å². The first-order chi connectivity index (χ1) is 13.4. The summed E-state index contributed by atoms with van der Waals surface area (Å²) in [6.45, 7) is 0.386. The van der Waals surface area contributed by atoms with Crippen LogP contribution >= 0.6 is 11.3 Å². The molecule has 1 saturated heterocycles. The molecular formula is C20H21N3O3S2. The van der Waals surface area contributed by atoms with E-state index in [-0.39, 0.29) is 5.91 Å². The molecule has 8 heteroatoms. The number of carbonyl (C=O) groups excluding carboxylic acids is 1. The van der Waals surface area contributed by atoms with Crippen molar-refractivity contribution in [1.29, 1.82) is 0 Å². The Labute approximate surface area is 168 Å². The van der Waals surface area contributed by atoms with Crippen LogP contribution in [0.3, 0.4) is 0 Å². The minimum absolute atomic E-state index is 0.315. The maximum absolute atomic E-state index is 12.7. The van der Waals surface area contributed by atoms with E-state index >= 15 is 0 Å². The molecule has 3 aromatic rings. The van der Waals surface area contributed by atoms with Crippen LogP contribution in [0.4, 0.5) is 5.13 Å². The number of amides is 1. The van der Waals surface area contributed by atoms with Gasteiger partial charge in [-0.25, -0.2) is 13.4 Å². The van der Waals surface area contributed by atoms with Crippen molar-refractivity contribution >= 4 is 43.2 Å². The number of anilines is 1. The van der Waals surface area contributed by atoms with Crippen molar-refractivity contribution in [2.75, 3.05) is 18.1 Å². The van der Waals surface area contributed by atoms with Crippen molar-refractivity contribution in [1.82, 2.24) is 9.29 Å². The number of carbonyl (C=O) groups is 1. The number of benzene rings is 2. The zero-order valence-electron chi connectivity index (χ0n) is 15.5. The summed E-state index contributed by atoms with van der Waals surface area (Å²) in [7, 11) is -3.42. The highest BCUT2D eigenvalue weighted by molar-refractivity contribution is 7.88. The maximum atomic E-state index is 12.7. The highest BCUT2D eigenvalue weighted by atomic mass is 32.2. The van der Waals surface area contributed by atoms with E-state index in [0.717, 1.165) is 41.1 Å². The second-order valence-electron chi connectivity index (χ2n) is 6.97. The predicted octanol–water partition coefficient (Wildman–Crippen LogP) is 3.72. The molecule has 1 aromatic heterocycles. The lowest BCUT2D eigenvalue weighted by Crippen LogP contribution is -2.49. The molecule has 6 nitrogen and oxygen atoms in total. The molecule has 1 aliphatic heterocycles. The van der Waals surface area contributed by atoms with Crippen LogP contribution in [0.5, 0.6) is 0 Å². The second-order valence-corrected chi connectivity index (χ2v) is 9.77. The number of hydrogen-bond acceptors (Lipinski definition) is 5. The van der Waals surface area contributed by atoms with Crippen LogP contribution < -0.4 is 5.32 Å². The number of sulfonamides is 1. The SMILES string of the molecule is CS(=O)(=O)N1CCCCC1C(=O)Nc1nc(-c2ccc3ccccc3c2)cs1. The molecule has 28 heavy (non-hydrogen) atoms.